The Labute approximate surface area is 186 Å². The SMILES string of the molecule is CCOc1cc(/C=C2\N=C(c3ccco3)OC2=O)cc(Br)c1OC(=O)c1ccccc1. The Hall–Kier alpha value is -3.65. The summed E-state index contributed by atoms with van der Waals surface area (Å²) in [7, 11) is 0. The van der Waals surface area contributed by atoms with Crippen LogP contribution in [0.25, 0.3) is 6.08 Å². The Morgan fingerprint density at radius 3 is 2.68 bits per heavy atom. The van der Waals surface area contributed by atoms with Gasteiger partial charge in [-0.25, -0.2) is 14.6 Å². The van der Waals surface area contributed by atoms with Gasteiger partial charge in [-0.15, -0.1) is 0 Å². The largest absolute Gasteiger partial charge is 0.490 e. The highest BCUT2D eigenvalue weighted by molar-refractivity contribution is 9.10. The van der Waals surface area contributed by atoms with Gasteiger partial charge in [0.15, 0.2) is 23.0 Å². The predicted octanol–water partition coefficient (Wildman–Crippen LogP) is 5.00. The van der Waals surface area contributed by atoms with Crippen molar-refractivity contribution in [2.45, 2.75) is 6.92 Å². The van der Waals surface area contributed by atoms with Crippen molar-refractivity contribution in [3.63, 3.8) is 0 Å². The van der Waals surface area contributed by atoms with Crippen LogP contribution in [0.1, 0.15) is 28.6 Å². The minimum absolute atomic E-state index is 0.0961. The van der Waals surface area contributed by atoms with E-state index in [-0.39, 0.29) is 17.3 Å². The molecule has 3 aromatic rings. The summed E-state index contributed by atoms with van der Waals surface area (Å²) < 4.78 is 22.1. The maximum absolute atomic E-state index is 12.5. The molecule has 0 saturated heterocycles. The zero-order valence-electron chi connectivity index (χ0n) is 16.3. The van der Waals surface area contributed by atoms with E-state index in [9.17, 15) is 9.59 Å². The van der Waals surface area contributed by atoms with Crippen LogP contribution >= 0.6 is 15.9 Å². The van der Waals surface area contributed by atoms with Crippen molar-refractivity contribution in [1.82, 2.24) is 0 Å². The molecule has 7 nitrogen and oxygen atoms in total. The molecule has 0 radical (unpaired) electrons. The third-order valence-corrected chi connectivity index (χ3v) is 4.78. The molecule has 0 saturated carbocycles. The van der Waals surface area contributed by atoms with Gasteiger partial charge in [-0.3, -0.25) is 0 Å². The summed E-state index contributed by atoms with van der Waals surface area (Å²) >= 11 is 3.42. The lowest BCUT2D eigenvalue weighted by molar-refractivity contribution is -0.130. The molecule has 8 heteroatoms. The first-order valence-electron chi connectivity index (χ1n) is 9.35. The van der Waals surface area contributed by atoms with Gasteiger partial charge in [0, 0.05) is 0 Å². The van der Waals surface area contributed by atoms with Gasteiger partial charge >= 0.3 is 11.9 Å². The molecule has 1 aliphatic heterocycles. The Bertz CT molecular complexity index is 1180. The van der Waals surface area contributed by atoms with Crippen molar-refractivity contribution in [2.75, 3.05) is 6.61 Å². The van der Waals surface area contributed by atoms with Crippen LogP contribution in [0, 0.1) is 0 Å². The number of ether oxygens (including phenoxy) is 3. The van der Waals surface area contributed by atoms with Crippen LogP contribution < -0.4 is 9.47 Å². The molecule has 2 heterocycles. The smallest absolute Gasteiger partial charge is 0.363 e. The summed E-state index contributed by atoms with van der Waals surface area (Å²) in [6.45, 7) is 2.17. The summed E-state index contributed by atoms with van der Waals surface area (Å²) in [4.78, 5) is 28.9. The maximum atomic E-state index is 12.5. The Morgan fingerprint density at radius 2 is 1.97 bits per heavy atom. The van der Waals surface area contributed by atoms with E-state index in [1.165, 1.54) is 6.26 Å². The number of nitrogens with zero attached hydrogens (tertiary/aromatic N) is 1. The molecule has 0 spiro atoms. The van der Waals surface area contributed by atoms with Crippen LogP contribution in [0.15, 0.2) is 80.4 Å². The topological polar surface area (TPSA) is 87.3 Å². The summed E-state index contributed by atoms with van der Waals surface area (Å²) in [6, 6.07) is 15.3. The number of benzene rings is 2. The fraction of sp³-hybridized carbons (Fsp3) is 0.0870. The van der Waals surface area contributed by atoms with Gasteiger partial charge in [-0.05, 0) is 70.9 Å². The molecule has 0 amide bonds. The van der Waals surface area contributed by atoms with Crippen molar-refractivity contribution in [3.8, 4) is 11.5 Å². The van der Waals surface area contributed by atoms with Crippen LogP contribution in [0.4, 0.5) is 0 Å². The highest BCUT2D eigenvalue weighted by Crippen LogP contribution is 2.38. The molecule has 1 aromatic heterocycles. The highest BCUT2D eigenvalue weighted by Gasteiger charge is 2.26. The molecular weight excluding hydrogens is 466 g/mol. The second kappa shape index (κ2) is 9.01. The van der Waals surface area contributed by atoms with E-state index in [1.54, 1.807) is 54.6 Å². The summed E-state index contributed by atoms with van der Waals surface area (Å²) in [5.74, 6) is -0.0726. The number of carbonyl (C=O) groups is 2. The number of cyclic esters (lactones) is 1. The minimum Gasteiger partial charge on any atom is -0.490 e. The van der Waals surface area contributed by atoms with Crippen molar-refractivity contribution in [2.24, 2.45) is 4.99 Å². The molecule has 0 fully saturated rings. The molecule has 0 atom stereocenters. The number of hydrogen-bond acceptors (Lipinski definition) is 7. The molecule has 31 heavy (non-hydrogen) atoms. The van der Waals surface area contributed by atoms with Crippen LogP contribution in [-0.2, 0) is 9.53 Å². The van der Waals surface area contributed by atoms with E-state index in [2.05, 4.69) is 20.9 Å². The zero-order valence-corrected chi connectivity index (χ0v) is 17.9. The number of carbonyl (C=O) groups excluding carboxylic acids is 2. The third kappa shape index (κ3) is 4.59. The van der Waals surface area contributed by atoms with E-state index in [1.807, 2.05) is 13.0 Å². The number of halogens is 1. The maximum Gasteiger partial charge on any atom is 0.363 e. The molecule has 156 valence electrons. The van der Waals surface area contributed by atoms with Gasteiger partial charge in [0.2, 0.25) is 0 Å². The first-order chi connectivity index (χ1) is 15.0. The average molecular weight is 482 g/mol. The van der Waals surface area contributed by atoms with Crippen molar-refractivity contribution < 1.29 is 28.2 Å². The van der Waals surface area contributed by atoms with Gasteiger partial charge in [0.05, 0.1) is 22.9 Å². The van der Waals surface area contributed by atoms with E-state index >= 15 is 0 Å². The summed E-state index contributed by atoms with van der Waals surface area (Å²) in [5, 5.41) is 0. The van der Waals surface area contributed by atoms with Crippen LogP contribution in [-0.4, -0.2) is 24.4 Å². The quantitative estimate of drug-likeness (QED) is 0.279. The monoisotopic (exact) mass is 481 g/mol. The summed E-state index contributed by atoms with van der Waals surface area (Å²) in [6.07, 6.45) is 3.02. The fourth-order valence-electron chi connectivity index (χ4n) is 2.83. The van der Waals surface area contributed by atoms with Gasteiger partial charge in [-0.1, -0.05) is 18.2 Å². The molecule has 4 rings (SSSR count). The van der Waals surface area contributed by atoms with Crippen LogP contribution in [0.3, 0.4) is 0 Å². The number of aliphatic imine (C=N–C) groups is 1. The number of esters is 2. The second-order valence-corrected chi connectivity index (χ2v) is 7.19. The van der Waals surface area contributed by atoms with Gasteiger partial charge in [-0.2, -0.15) is 0 Å². The lowest BCUT2D eigenvalue weighted by Crippen LogP contribution is -2.10. The van der Waals surface area contributed by atoms with E-state index in [4.69, 9.17) is 18.6 Å². The van der Waals surface area contributed by atoms with E-state index < -0.39 is 11.9 Å². The highest BCUT2D eigenvalue weighted by atomic mass is 79.9. The third-order valence-electron chi connectivity index (χ3n) is 4.19. The number of hydrogen-bond donors (Lipinski definition) is 0. The van der Waals surface area contributed by atoms with Crippen molar-refractivity contribution in [1.29, 1.82) is 0 Å². The molecule has 0 bridgehead atoms. The standard InChI is InChI=1S/C23H16BrNO6/c1-2-28-19-13-14(12-17-23(27)31-21(25-17)18-9-6-10-29-18)11-16(24)20(19)30-22(26)15-7-4-3-5-8-15/h3-13H,2H2,1H3/b17-12-. The second-order valence-electron chi connectivity index (χ2n) is 6.33. The lowest BCUT2D eigenvalue weighted by atomic mass is 10.1. The Morgan fingerprint density at radius 1 is 1.16 bits per heavy atom. The molecule has 1 aliphatic rings. The zero-order chi connectivity index (χ0) is 21.8. The molecule has 0 unspecified atom stereocenters. The molecular formula is C23H16BrNO6. The van der Waals surface area contributed by atoms with E-state index in [0.29, 0.717) is 33.7 Å². The lowest BCUT2D eigenvalue weighted by Gasteiger charge is -2.13. The first-order valence-corrected chi connectivity index (χ1v) is 10.1. The van der Waals surface area contributed by atoms with Crippen LogP contribution in [0.2, 0.25) is 0 Å². The number of furan rings is 1. The molecule has 0 N–H and O–H groups in total. The average Bonchev–Trinajstić information content (AvgIpc) is 3.42. The number of rotatable bonds is 6. The van der Waals surface area contributed by atoms with E-state index in [0.717, 1.165) is 0 Å². The minimum atomic E-state index is -0.597. The van der Waals surface area contributed by atoms with Gasteiger partial charge in [0.25, 0.3) is 5.90 Å². The first kappa shape index (κ1) is 20.6. The summed E-state index contributed by atoms with van der Waals surface area (Å²) in [5.41, 5.74) is 1.12. The fourth-order valence-corrected chi connectivity index (χ4v) is 3.37. The normalized spacial score (nSPS) is 14.3. The predicted molar refractivity (Wildman–Crippen MR) is 116 cm³/mol. The Kier molecular flexibility index (Phi) is 5.99. The van der Waals surface area contributed by atoms with Crippen LogP contribution in [0.5, 0.6) is 11.5 Å². The molecule has 0 aliphatic carbocycles. The Balaban J connectivity index is 1.65. The van der Waals surface area contributed by atoms with Crippen molar-refractivity contribution >= 4 is 39.8 Å². The molecule has 2 aromatic carbocycles. The van der Waals surface area contributed by atoms with Gasteiger partial charge < -0.3 is 18.6 Å². The van der Waals surface area contributed by atoms with Crippen molar-refractivity contribution in [3.05, 3.63) is 87.9 Å². The van der Waals surface area contributed by atoms with Gasteiger partial charge in [0.1, 0.15) is 0 Å².